The molecule has 3 rings (SSSR count). The molecule has 172 valence electrons. The van der Waals surface area contributed by atoms with E-state index in [2.05, 4.69) is 92.5 Å². The molecular weight excluding hydrogens is 382 g/mol. The summed E-state index contributed by atoms with van der Waals surface area (Å²) in [6.07, 6.45) is 1.08. The van der Waals surface area contributed by atoms with Gasteiger partial charge in [-0.05, 0) is 64.7 Å². The first-order chi connectivity index (χ1) is 14.6. The van der Waals surface area contributed by atoms with Crippen molar-refractivity contribution in [1.82, 2.24) is 20.0 Å². The SMILES string of the molecule is Cc1ccc(N2CCN(CCNCc3cc(CC(C)C)n(C(C)(C)C)n3)CC2)c(C)c1. The van der Waals surface area contributed by atoms with Crippen molar-refractivity contribution in [3.63, 3.8) is 0 Å². The second-order valence-electron chi connectivity index (χ2n) is 10.6. The number of aryl methyl sites for hydroxylation is 2. The summed E-state index contributed by atoms with van der Waals surface area (Å²) in [6, 6.07) is 9.10. The summed E-state index contributed by atoms with van der Waals surface area (Å²) in [6.45, 7) is 23.1. The molecule has 0 saturated carbocycles. The predicted octanol–water partition coefficient (Wildman–Crippen LogP) is 4.37. The number of hydrogen-bond donors (Lipinski definition) is 1. The van der Waals surface area contributed by atoms with Gasteiger partial charge >= 0.3 is 0 Å². The summed E-state index contributed by atoms with van der Waals surface area (Å²) in [5.74, 6) is 0.640. The topological polar surface area (TPSA) is 36.3 Å². The number of aromatic nitrogens is 2. The maximum absolute atomic E-state index is 4.91. The number of nitrogens with one attached hydrogen (secondary N) is 1. The minimum atomic E-state index is 0.0257. The molecular formula is C26H43N5. The highest BCUT2D eigenvalue weighted by atomic mass is 15.3. The Balaban J connectivity index is 1.44. The zero-order valence-electron chi connectivity index (χ0n) is 20.8. The molecule has 0 radical (unpaired) electrons. The number of piperazine rings is 1. The number of hydrogen-bond acceptors (Lipinski definition) is 4. The van der Waals surface area contributed by atoms with Crippen molar-refractivity contribution in [2.24, 2.45) is 5.92 Å². The average molecular weight is 426 g/mol. The third-order valence-corrected chi connectivity index (χ3v) is 6.06. The van der Waals surface area contributed by atoms with Crippen LogP contribution in [0.5, 0.6) is 0 Å². The van der Waals surface area contributed by atoms with Crippen LogP contribution in [0.25, 0.3) is 0 Å². The predicted molar refractivity (Wildman–Crippen MR) is 132 cm³/mol. The van der Waals surface area contributed by atoms with E-state index < -0.39 is 0 Å². The summed E-state index contributed by atoms with van der Waals surface area (Å²) >= 11 is 0. The third-order valence-electron chi connectivity index (χ3n) is 6.06. The highest BCUT2D eigenvalue weighted by Gasteiger charge is 2.20. The molecule has 0 aliphatic carbocycles. The summed E-state index contributed by atoms with van der Waals surface area (Å²) in [5.41, 5.74) is 6.66. The van der Waals surface area contributed by atoms with Crippen LogP contribution >= 0.6 is 0 Å². The van der Waals surface area contributed by atoms with Gasteiger partial charge in [0, 0.05) is 57.2 Å². The molecule has 0 unspecified atom stereocenters. The van der Waals surface area contributed by atoms with E-state index >= 15 is 0 Å². The molecule has 1 aliphatic heterocycles. The minimum absolute atomic E-state index is 0.0257. The van der Waals surface area contributed by atoms with Gasteiger partial charge in [0.15, 0.2) is 0 Å². The van der Waals surface area contributed by atoms with Gasteiger partial charge in [0.1, 0.15) is 0 Å². The number of benzene rings is 1. The molecule has 1 aliphatic rings. The van der Waals surface area contributed by atoms with Crippen LogP contribution < -0.4 is 10.2 Å². The molecule has 1 N–H and O–H groups in total. The molecule has 31 heavy (non-hydrogen) atoms. The lowest BCUT2D eigenvalue weighted by Crippen LogP contribution is -2.48. The molecule has 2 aromatic rings. The van der Waals surface area contributed by atoms with Crippen molar-refractivity contribution in [2.45, 2.75) is 67.0 Å². The zero-order valence-corrected chi connectivity index (χ0v) is 20.8. The Morgan fingerprint density at radius 3 is 2.35 bits per heavy atom. The second kappa shape index (κ2) is 10.2. The van der Waals surface area contributed by atoms with Gasteiger partial charge in [0.05, 0.1) is 11.2 Å². The van der Waals surface area contributed by atoms with E-state index in [4.69, 9.17) is 5.10 Å². The molecule has 0 spiro atoms. The first-order valence-electron chi connectivity index (χ1n) is 12.0. The fraction of sp³-hybridized carbons (Fsp3) is 0.654. The third kappa shape index (κ3) is 6.56. The number of rotatable bonds is 8. The molecule has 1 fully saturated rings. The van der Waals surface area contributed by atoms with Crippen LogP contribution in [0, 0.1) is 19.8 Å². The van der Waals surface area contributed by atoms with Gasteiger partial charge in [-0.3, -0.25) is 9.58 Å². The van der Waals surface area contributed by atoms with Crippen molar-refractivity contribution >= 4 is 5.69 Å². The normalized spacial score (nSPS) is 15.8. The highest BCUT2D eigenvalue weighted by Crippen LogP contribution is 2.22. The molecule has 1 aromatic carbocycles. The van der Waals surface area contributed by atoms with Crippen LogP contribution in [0.15, 0.2) is 24.3 Å². The monoisotopic (exact) mass is 425 g/mol. The maximum Gasteiger partial charge on any atom is 0.0765 e. The van der Waals surface area contributed by atoms with Crippen LogP contribution in [-0.4, -0.2) is 53.9 Å². The quantitative estimate of drug-likeness (QED) is 0.638. The lowest BCUT2D eigenvalue weighted by Gasteiger charge is -2.37. The average Bonchev–Trinajstić information content (AvgIpc) is 3.08. The minimum Gasteiger partial charge on any atom is -0.369 e. The lowest BCUT2D eigenvalue weighted by molar-refractivity contribution is 0.257. The van der Waals surface area contributed by atoms with Gasteiger partial charge in [-0.25, -0.2) is 0 Å². The molecule has 0 amide bonds. The van der Waals surface area contributed by atoms with Gasteiger partial charge in [0.25, 0.3) is 0 Å². The molecule has 0 bridgehead atoms. The van der Waals surface area contributed by atoms with Crippen molar-refractivity contribution in [3.8, 4) is 0 Å². The van der Waals surface area contributed by atoms with Gasteiger partial charge in [-0.2, -0.15) is 5.10 Å². The molecule has 1 saturated heterocycles. The van der Waals surface area contributed by atoms with Crippen LogP contribution in [0.2, 0.25) is 0 Å². The van der Waals surface area contributed by atoms with Gasteiger partial charge in [-0.15, -0.1) is 0 Å². The van der Waals surface area contributed by atoms with Crippen LogP contribution in [-0.2, 0) is 18.5 Å². The van der Waals surface area contributed by atoms with Gasteiger partial charge in [-0.1, -0.05) is 31.5 Å². The van der Waals surface area contributed by atoms with E-state index in [0.717, 1.165) is 57.9 Å². The first-order valence-corrected chi connectivity index (χ1v) is 12.0. The van der Waals surface area contributed by atoms with Crippen molar-refractivity contribution in [3.05, 3.63) is 46.8 Å². The first kappa shape index (κ1) is 23.8. The number of anilines is 1. The van der Waals surface area contributed by atoms with Crippen molar-refractivity contribution in [1.29, 1.82) is 0 Å². The Labute approximate surface area is 189 Å². The zero-order chi connectivity index (χ0) is 22.6. The smallest absolute Gasteiger partial charge is 0.0765 e. The standard InChI is InChI=1S/C26H43N5/c1-20(2)16-24-18-23(28-31(24)26(5,6)7)19-27-10-11-29-12-14-30(15-13-29)25-9-8-21(3)17-22(25)4/h8-9,17-18,20,27H,10-16,19H2,1-7H3. The number of nitrogens with zero attached hydrogens (tertiary/aromatic N) is 4. The summed E-state index contributed by atoms with van der Waals surface area (Å²) in [4.78, 5) is 5.11. The Morgan fingerprint density at radius 1 is 1.03 bits per heavy atom. The Hall–Kier alpha value is -1.85. The maximum atomic E-state index is 4.91. The van der Waals surface area contributed by atoms with Gasteiger partial charge in [0.2, 0.25) is 0 Å². The fourth-order valence-electron chi connectivity index (χ4n) is 4.53. The van der Waals surface area contributed by atoms with Crippen LogP contribution in [0.4, 0.5) is 5.69 Å². The van der Waals surface area contributed by atoms with Crippen LogP contribution in [0.1, 0.15) is 57.1 Å². The van der Waals surface area contributed by atoms with E-state index in [1.54, 1.807) is 0 Å². The summed E-state index contributed by atoms with van der Waals surface area (Å²) < 4.78 is 2.22. The molecule has 5 nitrogen and oxygen atoms in total. The molecule has 1 aromatic heterocycles. The van der Waals surface area contributed by atoms with E-state index in [1.807, 2.05) is 0 Å². The van der Waals surface area contributed by atoms with Crippen LogP contribution in [0.3, 0.4) is 0 Å². The van der Waals surface area contributed by atoms with E-state index in [9.17, 15) is 0 Å². The Kier molecular flexibility index (Phi) is 7.82. The molecule has 2 heterocycles. The highest BCUT2D eigenvalue weighted by molar-refractivity contribution is 5.54. The van der Waals surface area contributed by atoms with Gasteiger partial charge < -0.3 is 10.2 Å². The largest absolute Gasteiger partial charge is 0.369 e. The van der Waals surface area contributed by atoms with Crippen molar-refractivity contribution in [2.75, 3.05) is 44.2 Å². The summed E-state index contributed by atoms with van der Waals surface area (Å²) in [5, 5.41) is 8.53. The van der Waals surface area contributed by atoms with E-state index in [-0.39, 0.29) is 5.54 Å². The molecule has 5 heteroatoms. The molecule has 0 atom stereocenters. The van der Waals surface area contributed by atoms with Crippen molar-refractivity contribution < 1.29 is 0 Å². The van der Waals surface area contributed by atoms with E-state index in [0.29, 0.717) is 5.92 Å². The second-order valence-corrected chi connectivity index (χ2v) is 10.6. The fourth-order valence-corrected chi connectivity index (χ4v) is 4.53. The lowest BCUT2D eigenvalue weighted by atomic mass is 10.0. The Morgan fingerprint density at radius 2 is 1.74 bits per heavy atom. The van der Waals surface area contributed by atoms with E-state index in [1.165, 1.54) is 22.5 Å². The Bertz CT molecular complexity index is 838. The summed E-state index contributed by atoms with van der Waals surface area (Å²) in [7, 11) is 0.